The van der Waals surface area contributed by atoms with E-state index in [0.717, 1.165) is 17.5 Å². The van der Waals surface area contributed by atoms with Gasteiger partial charge in [0.2, 0.25) is 10.0 Å². The molecule has 1 aliphatic heterocycles. The maximum atomic E-state index is 12.7. The van der Waals surface area contributed by atoms with Crippen molar-refractivity contribution in [2.24, 2.45) is 0 Å². The fourth-order valence-electron chi connectivity index (χ4n) is 3.13. The lowest BCUT2D eigenvalue weighted by molar-refractivity contribution is -0.134. The van der Waals surface area contributed by atoms with E-state index in [-0.39, 0.29) is 30.5 Å². The van der Waals surface area contributed by atoms with Crippen molar-refractivity contribution >= 4 is 15.9 Å². The summed E-state index contributed by atoms with van der Waals surface area (Å²) in [5.74, 6) is 0.544. The van der Waals surface area contributed by atoms with Crippen LogP contribution in [0.5, 0.6) is 5.75 Å². The predicted molar refractivity (Wildman–Crippen MR) is 108 cm³/mol. The SMILES string of the molecule is CCc1cccc(OCC(=O)N2CCN(S(=O)(=O)c3ccc(C)cc3)CC2)c1. The van der Waals surface area contributed by atoms with Crippen LogP contribution in [0.2, 0.25) is 0 Å². The van der Waals surface area contributed by atoms with Crippen LogP contribution in [0, 0.1) is 6.92 Å². The average molecular weight is 403 g/mol. The second-order valence-corrected chi connectivity index (χ2v) is 8.83. The van der Waals surface area contributed by atoms with Crippen LogP contribution in [0.25, 0.3) is 0 Å². The molecule has 0 N–H and O–H groups in total. The van der Waals surface area contributed by atoms with Crippen LogP contribution >= 0.6 is 0 Å². The van der Waals surface area contributed by atoms with Gasteiger partial charge in [-0.15, -0.1) is 0 Å². The summed E-state index contributed by atoms with van der Waals surface area (Å²) in [7, 11) is -3.53. The van der Waals surface area contributed by atoms with Gasteiger partial charge in [-0.3, -0.25) is 4.79 Å². The third kappa shape index (κ3) is 4.72. The van der Waals surface area contributed by atoms with Crippen LogP contribution in [0.1, 0.15) is 18.1 Å². The zero-order chi connectivity index (χ0) is 20.1. The van der Waals surface area contributed by atoms with Gasteiger partial charge in [0.25, 0.3) is 5.91 Å². The molecule has 0 radical (unpaired) electrons. The highest BCUT2D eigenvalue weighted by molar-refractivity contribution is 7.89. The van der Waals surface area contributed by atoms with Gasteiger partial charge >= 0.3 is 0 Å². The zero-order valence-electron chi connectivity index (χ0n) is 16.3. The second kappa shape index (κ2) is 8.75. The van der Waals surface area contributed by atoms with E-state index in [1.54, 1.807) is 29.2 Å². The number of benzene rings is 2. The summed E-state index contributed by atoms with van der Waals surface area (Å²) in [6, 6.07) is 14.5. The first-order valence-electron chi connectivity index (χ1n) is 9.46. The smallest absolute Gasteiger partial charge is 0.260 e. The molecule has 0 atom stereocenters. The Morgan fingerprint density at radius 1 is 1.04 bits per heavy atom. The molecule has 0 spiro atoms. The number of nitrogens with zero attached hydrogens (tertiary/aromatic N) is 2. The summed E-state index contributed by atoms with van der Waals surface area (Å²) in [6.45, 7) is 5.23. The number of rotatable bonds is 6. The largest absolute Gasteiger partial charge is 0.484 e. The molecule has 150 valence electrons. The molecule has 1 aliphatic rings. The average Bonchev–Trinajstić information content (AvgIpc) is 2.72. The molecule has 2 aromatic carbocycles. The molecule has 0 unspecified atom stereocenters. The highest BCUT2D eigenvalue weighted by Crippen LogP contribution is 2.19. The lowest BCUT2D eigenvalue weighted by Crippen LogP contribution is -2.51. The summed E-state index contributed by atoms with van der Waals surface area (Å²) in [4.78, 5) is 14.4. The fraction of sp³-hybridized carbons (Fsp3) is 0.381. The highest BCUT2D eigenvalue weighted by atomic mass is 32.2. The van der Waals surface area contributed by atoms with Gasteiger partial charge in [-0.2, -0.15) is 4.31 Å². The van der Waals surface area contributed by atoms with Crippen molar-refractivity contribution in [1.29, 1.82) is 0 Å². The van der Waals surface area contributed by atoms with Crippen molar-refractivity contribution in [3.05, 3.63) is 59.7 Å². The first kappa shape index (κ1) is 20.4. The normalized spacial score (nSPS) is 15.4. The lowest BCUT2D eigenvalue weighted by Gasteiger charge is -2.34. The minimum Gasteiger partial charge on any atom is -0.484 e. The van der Waals surface area contributed by atoms with Crippen molar-refractivity contribution in [2.45, 2.75) is 25.2 Å². The fourth-order valence-corrected chi connectivity index (χ4v) is 4.55. The van der Waals surface area contributed by atoms with Gasteiger partial charge in [0.15, 0.2) is 6.61 Å². The number of hydrogen-bond donors (Lipinski definition) is 0. The molecule has 1 heterocycles. The number of ether oxygens (including phenoxy) is 1. The first-order valence-corrected chi connectivity index (χ1v) is 10.9. The molecule has 7 heteroatoms. The van der Waals surface area contributed by atoms with Crippen LogP contribution in [0.3, 0.4) is 0 Å². The molecular formula is C21H26N2O4S. The Hall–Kier alpha value is -2.38. The Kier molecular flexibility index (Phi) is 6.36. The Balaban J connectivity index is 1.54. The molecule has 0 aliphatic carbocycles. The Morgan fingerprint density at radius 3 is 2.36 bits per heavy atom. The topological polar surface area (TPSA) is 66.9 Å². The van der Waals surface area contributed by atoms with Gasteiger partial charge in [0.05, 0.1) is 4.90 Å². The van der Waals surface area contributed by atoms with E-state index in [9.17, 15) is 13.2 Å². The molecule has 6 nitrogen and oxygen atoms in total. The van der Waals surface area contributed by atoms with Gasteiger partial charge in [0, 0.05) is 26.2 Å². The zero-order valence-corrected chi connectivity index (χ0v) is 17.1. The van der Waals surface area contributed by atoms with Crippen LogP contribution in [0.4, 0.5) is 0 Å². The van der Waals surface area contributed by atoms with Crippen LogP contribution in [-0.4, -0.2) is 56.3 Å². The van der Waals surface area contributed by atoms with Crippen LogP contribution < -0.4 is 4.74 Å². The van der Waals surface area contributed by atoms with Gasteiger partial charge in [-0.25, -0.2) is 8.42 Å². The number of carbonyl (C=O) groups excluding carboxylic acids is 1. The van der Waals surface area contributed by atoms with E-state index in [1.807, 2.05) is 31.2 Å². The number of hydrogen-bond acceptors (Lipinski definition) is 4. The summed E-state index contributed by atoms with van der Waals surface area (Å²) in [6.07, 6.45) is 0.905. The third-order valence-corrected chi connectivity index (χ3v) is 6.83. The molecule has 1 amide bonds. The highest BCUT2D eigenvalue weighted by Gasteiger charge is 2.30. The van der Waals surface area contributed by atoms with Crippen molar-refractivity contribution in [2.75, 3.05) is 32.8 Å². The number of aryl methyl sites for hydroxylation is 2. The molecule has 2 aromatic rings. The minimum absolute atomic E-state index is 0.0438. The van der Waals surface area contributed by atoms with Gasteiger partial charge in [-0.1, -0.05) is 36.8 Å². The van der Waals surface area contributed by atoms with E-state index in [1.165, 1.54) is 4.31 Å². The van der Waals surface area contributed by atoms with E-state index in [2.05, 4.69) is 6.92 Å². The molecule has 28 heavy (non-hydrogen) atoms. The van der Waals surface area contributed by atoms with E-state index < -0.39 is 10.0 Å². The van der Waals surface area contributed by atoms with E-state index in [0.29, 0.717) is 18.8 Å². The predicted octanol–water partition coefficient (Wildman–Crippen LogP) is 2.47. The molecular weight excluding hydrogens is 376 g/mol. The van der Waals surface area contributed by atoms with Crippen molar-refractivity contribution in [1.82, 2.24) is 9.21 Å². The maximum absolute atomic E-state index is 12.7. The van der Waals surface area contributed by atoms with Crippen molar-refractivity contribution in [3.8, 4) is 5.75 Å². The van der Waals surface area contributed by atoms with Gasteiger partial charge < -0.3 is 9.64 Å². The molecule has 1 saturated heterocycles. The summed E-state index contributed by atoms with van der Waals surface area (Å²) in [5, 5.41) is 0. The molecule has 0 saturated carbocycles. The summed E-state index contributed by atoms with van der Waals surface area (Å²) >= 11 is 0. The Morgan fingerprint density at radius 2 is 1.71 bits per heavy atom. The minimum atomic E-state index is -3.53. The van der Waals surface area contributed by atoms with Gasteiger partial charge in [0.1, 0.15) is 5.75 Å². The van der Waals surface area contributed by atoms with Crippen molar-refractivity contribution < 1.29 is 17.9 Å². The molecule has 3 rings (SSSR count). The first-order chi connectivity index (χ1) is 13.4. The molecule has 0 bridgehead atoms. The number of piperazine rings is 1. The quantitative estimate of drug-likeness (QED) is 0.745. The monoisotopic (exact) mass is 402 g/mol. The maximum Gasteiger partial charge on any atom is 0.260 e. The Bertz CT molecular complexity index is 918. The standard InChI is InChI=1S/C21H26N2O4S/c1-3-18-5-4-6-19(15-18)27-16-21(24)22-11-13-23(14-12-22)28(25,26)20-9-7-17(2)8-10-20/h4-10,15H,3,11-14,16H2,1-2H3. The summed E-state index contributed by atoms with van der Waals surface area (Å²) in [5.41, 5.74) is 2.17. The molecule has 0 aromatic heterocycles. The lowest BCUT2D eigenvalue weighted by atomic mass is 10.2. The van der Waals surface area contributed by atoms with Crippen LogP contribution in [-0.2, 0) is 21.2 Å². The van der Waals surface area contributed by atoms with E-state index in [4.69, 9.17) is 4.74 Å². The second-order valence-electron chi connectivity index (χ2n) is 6.89. The summed E-state index contributed by atoms with van der Waals surface area (Å²) < 4.78 is 32.5. The number of carbonyl (C=O) groups is 1. The number of amides is 1. The third-order valence-electron chi connectivity index (χ3n) is 4.92. The number of sulfonamides is 1. The molecule has 1 fully saturated rings. The van der Waals surface area contributed by atoms with Crippen LogP contribution in [0.15, 0.2) is 53.4 Å². The van der Waals surface area contributed by atoms with E-state index >= 15 is 0 Å². The van der Waals surface area contributed by atoms with Crippen molar-refractivity contribution in [3.63, 3.8) is 0 Å². The Labute approximate surface area is 166 Å². The van der Waals surface area contributed by atoms with Gasteiger partial charge in [-0.05, 0) is 43.2 Å².